The molecule has 9 nitrogen and oxygen atoms in total. The van der Waals surface area contributed by atoms with Gasteiger partial charge in [-0.15, -0.1) is 10.2 Å². The van der Waals surface area contributed by atoms with Crippen molar-refractivity contribution in [3.05, 3.63) is 65.7 Å². The van der Waals surface area contributed by atoms with Gasteiger partial charge in [0.1, 0.15) is 6.04 Å². The monoisotopic (exact) mass is 377 g/mol. The summed E-state index contributed by atoms with van der Waals surface area (Å²) in [5, 5.41) is 12.6. The number of fused-ring (bicyclic) bond motifs is 2. The topological polar surface area (TPSA) is 105 Å². The Labute approximate surface area is 160 Å². The summed E-state index contributed by atoms with van der Waals surface area (Å²) in [6, 6.07) is 7.40. The molecule has 0 saturated heterocycles. The summed E-state index contributed by atoms with van der Waals surface area (Å²) < 4.78 is 7.40. The molecule has 4 aromatic rings. The van der Waals surface area contributed by atoms with Crippen LogP contribution >= 0.6 is 0 Å². The van der Waals surface area contributed by atoms with Gasteiger partial charge < -0.3 is 14.3 Å². The summed E-state index contributed by atoms with van der Waals surface area (Å²) in [7, 11) is 0. The summed E-state index contributed by atoms with van der Waals surface area (Å²) in [4.78, 5) is 22.6. The zero-order chi connectivity index (χ0) is 19.3. The van der Waals surface area contributed by atoms with Gasteiger partial charge in [-0.25, -0.2) is 9.50 Å². The Bertz CT molecular complexity index is 1120. The molecule has 1 amide bonds. The van der Waals surface area contributed by atoms with Crippen LogP contribution in [0.1, 0.15) is 59.5 Å². The first-order chi connectivity index (χ1) is 13.6. The zero-order valence-electron chi connectivity index (χ0n) is 15.5. The Balaban J connectivity index is 1.58. The molecule has 0 fully saturated rings. The fourth-order valence-corrected chi connectivity index (χ4v) is 3.56. The molecule has 1 aliphatic heterocycles. The lowest BCUT2D eigenvalue weighted by molar-refractivity contribution is 0.0643. The van der Waals surface area contributed by atoms with E-state index in [1.807, 2.05) is 44.3 Å². The van der Waals surface area contributed by atoms with Crippen molar-refractivity contribution >= 4 is 11.4 Å². The second-order valence-electron chi connectivity index (χ2n) is 7.16. The molecule has 0 radical (unpaired) electrons. The van der Waals surface area contributed by atoms with Gasteiger partial charge in [0, 0.05) is 30.8 Å². The number of rotatable bonds is 3. The molecule has 142 valence electrons. The predicted octanol–water partition coefficient (Wildman–Crippen LogP) is 2.35. The number of H-pyrrole nitrogens is 1. The maximum Gasteiger partial charge on any atom is 0.312 e. The number of nitrogens with one attached hydrogen (secondary N) is 1. The van der Waals surface area contributed by atoms with E-state index in [-0.39, 0.29) is 17.7 Å². The summed E-state index contributed by atoms with van der Waals surface area (Å²) >= 11 is 0. The molecule has 28 heavy (non-hydrogen) atoms. The SMILES string of the molecule is CC(C)c1nnc(C(=O)N2CCc3[nH]cnc3C2c2cc3ccccn3n2)o1. The van der Waals surface area contributed by atoms with Crippen LogP contribution in [0.15, 0.2) is 41.2 Å². The molecule has 1 N–H and O–H groups in total. The third kappa shape index (κ3) is 2.58. The van der Waals surface area contributed by atoms with E-state index in [4.69, 9.17) is 4.42 Å². The third-order valence-electron chi connectivity index (χ3n) is 4.97. The van der Waals surface area contributed by atoms with E-state index in [1.54, 1.807) is 15.7 Å². The number of carbonyl (C=O) groups excluding carboxylic acids is 1. The second-order valence-corrected chi connectivity index (χ2v) is 7.16. The fraction of sp³-hybridized carbons (Fsp3) is 0.316. The third-order valence-corrected chi connectivity index (χ3v) is 4.97. The Kier molecular flexibility index (Phi) is 3.75. The van der Waals surface area contributed by atoms with Gasteiger partial charge in [0.25, 0.3) is 0 Å². The van der Waals surface area contributed by atoms with E-state index < -0.39 is 6.04 Å². The summed E-state index contributed by atoms with van der Waals surface area (Å²) in [6.07, 6.45) is 4.22. The lowest BCUT2D eigenvalue weighted by Gasteiger charge is -2.32. The van der Waals surface area contributed by atoms with E-state index in [1.165, 1.54) is 0 Å². The molecule has 0 bridgehead atoms. The van der Waals surface area contributed by atoms with Crippen molar-refractivity contribution in [2.45, 2.75) is 32.2 Å². The molecule has 5 rings (SSSR count). The number of hydrogen-bond donors (Lipinski definition) is 1. The highest BCUT2D eigenvalue weighted by molar-refractivity contribution is 5.90. The fourth-order valence-electron chi connectivity index (χ4n) is 3.56. The quantitative estimate of drug-likeness (QED) is 0.587. The van der Waals surface area contributed by atoms with Crippen molar-refractivity contribution in [2.75, 3.05) is 6.54 Å². The van der Waals surface area contributed by atoms with Gasteiger partial charge in [-0.2, -0.15) is 5.10 Å². The average molecular weight is 377 g/mol. The first-order valence-corrected chi connectivity index (χ1v) is 9.22. The van der Waals surface area contributed by atoms with Crippen LogP contribution < -0.4 is 0 Å². The Morgan fingerprint density at radius 1 is 1.32 bits per heavy atom. The second kappa shape index (κ2) is 6.29. The molecule has 1 aliphatic rings. The first kappa shape index (κ1) is 16.7. The van der Waals surface area contributed by atoms with Crippen LogP contribution in [0.2, 0.25) is 0 Å². The normalized spacial score (nSPS) is 16.7. The van der Waals surface area contributed by atoms with Crippen LogP contribution in [0.5, 0.6) is 0 Å². The lowest BCUT2D eigenvalue weighted by atomic mass is 9.99. The minimum atomic E-state index is -0.420. The van der Waals surface area contributed by atoms with Gasteiger partial charge in [0.2, 0.25) is 5.89 Å². The van der Waals surface area contributed by atoms with Gasteiger partial charge in [-0.05, 0) is 18.2 Å². The molecule has 1 unspecified atom stereocenters. The van der Waals surface area contributed by atoms with E-state index in [0.29, 0.717) is 18.9 Å². The molecule has 1 atom stereocenters. The number of pyridine rings is 1. The molecule has 4 aromatic heterocycles. The molecule has 5 heterocycles. The van der Waals surface area contributed by atoms with Crippen molar-refractivity contribution in [3.8, 4) is 0 Å². The number of aromatic amines is 1. The Hall–Kier alpha value is -3.49. The highest BCUT2D eigenvalue weighted by Gasteiger charge is 2.38. The van der Waals surface area contributed by atoms with Gasteiger partial charge in [-0.3, -0.25) is 4.79 Å². The molecule has 0 aliphatic carbocycles. The minimum absolute atomic E-state index is 0.00329. The number of hydrogen-bond acceptors (Lipinski definition) is 6. The number of amides is 1. The molecule has 0 spiro atoms. The summed E-state index contributed by atoms with van der Waals surface area (Å²) in [5.74, 6) is 0.194. The number of imidazole rings is 1. The van der Waals surface area contributed by atoms with Crippen LogP contribution in [-0.4, -0.2) is 47.1 Å². The van der Waals surface area contributed by atoms with Crippen molar-refractivity contribution in [1.29, 1.82) is 0 Å². The Morgan fingerprint density at radius 2 is 2.21 bits per heavy atom. The molecule has 0 saturated carbocycles. The van der Waals surface area contributed by atoms with Crippen LogP contribution in [0.25, 0.3) is 5.52 Å². The summed E-state index contributed by atoms with van der Waals surface area (Å²) in [6.45, 7) is 4.39. The average Bonchev–Trinajstić information content (AvgIpc) is 3.44. The van der Waals surface area contributed by atoms with Gasteiger partial charge in [0.05, 0.1) is 23.2 Å². The smallest absolute Gasteiger partial charge is 0.312 e. The van der Waals surface area contributed by atoms with Crippen LogP contribution in [0.3, 0.4) is 0 Å². The van der Waals surface area contributed by atoms with Crippen LogP contribution in [-0.2, 0) is 6.42 Å². The van der Waals surface area contributed by atoms with E-state index in [2.05, 4.69) is 25.3 Å². The maximum absolute atomic E-state index is 13.2. The van der Waals surface area contributed by atoms with Crippen LogP contribution in [0.4, 0.5) is 0 Å². The lowest BCUT2D eigenvalue weighted by Crippen LogP contribution is -2.41. The number of aromatic nitrogens is 6. The van der Waals surface area contributed by atoms with Crippen molar-refractivity contribution in [2.24, 2.45) is 0 Å². The van der Waals surface area contributed by atoms with E-state index in [0.717, 1.165) is 22.6 Å². The highest BCUT2D eigenvalue weighted by atomic mass is 16.4. The first-order valence-electron chi connectivity index (χ1n) is 9.22. The molecule has 0 aromatic carbocycles. The Morgan fingerprint density at radius 3 is 3.00 bits per heavy atom. The number of carbonyl (C=O) groups is 1. The largest absolute Gasteiger partial charge is 0.417 e. The molecular weight excluding hydrogens is 358 g/mol. The standard InChI is InChI=1S/C19H19N7O2/c1-11(2)17-22-23-18(28-17)19(27)25-8-6-13-15(21-10-20-13)16(25)14-9-12-5-3-4-7-26(12)24-14/h3-5,7,9-11,16H,6,8H2,1-2H3,(H,20,21). The van der Waals surface area contributed by atoms with Crippen molar-refractivity contribution in [3.63, 3.8) is 0 Å². The van der Waals surface area contributed by atoms with Gasteiger partial charge >= 0.3 is 11.8 Å². The highest BCUT2D eigenvalue weighted by Crippen LogP contribution is 2.34. The van der Waals surface area contributed by atoms with Gasteiger partial charge in [0.15, 0.2) is 0 Å². The minimum Gasteiger partial charge on any atom is -0.417 e. The predicted molar refractivity (Wildman–Crippen MR) is 98.8 cm³/mol. The zero-order valence-corrected chi connectivity index (χ0v) is 15.5. The van der Waals surface area contributed by atoms with E-state index >= 15 is 0 Å². The molecule has 9 heteroatoms. The maximum atomic E-state index is 13.2. The molecular formula is C19H19N7O2. The van der Waals surface area contributed by atoms with Crippen LogP contribution in [0, 0.1) is 0 Å². The van der Waals surface area contributed by atoms with E-state index in [9.17, 15) is 4.79 Å². The van der Waals surface area contributed by atoms with Crippen molar-refractivity contribution < 1.29 is 9.21 Å². The van der Waals surface area contributed by atoms with Crippen molar-refractivity contribution in [1.82, 2.24) is 34.7 Å². The number of nitrogens with zero attached hydrogens (tertiary/aromatic N) is 6. The van der Waals surface area contributed by atoms with Gasteiger partial charge in [-0.1, -0.05) is 19.9 Å². The summed E-state index contributed by atoms with van der Waals surface area (Å²) in [5.41, 5.74) is 3.51.